The van der Waals surface area contributed by atoms with Crippen molar-refractivity contribution in [3.05, 3.63) is 76.8 Å². The number of hydrogen-bond donors (Lipinski definition) is 1. The van der Waals surface area contributed by atoms with Gasteiger partial charge in [-0.15, -0.1) is 5.10 Å². The van der Waals surface area contributed by atoms with Gasteiger partial charge in [0.1, 0.15) is 40.7 Å². The quantitative estimate of drug-likeness (QED) is 0.220. The predicted octanol–water partition coefficient (Wildman–Crippen LogP) is 3.17. The lowest BCUT2D eigenvalue weighted by Gasteiger charge is -2.27. The number of fused-ring (bicyclic) bond motifs is 5. The van der Waals surface area contributed by atoms with E-state index in [2.05, 4.69) is 51.6 Å². The number of carbonyl (C=O) groups is 3. The highest BCUT2D eigenvalue weighted by atomic mass is 79.9. The number of ketones is 1. The van der Waals surface area contributed by atoms with Crippen LogP contribution in [0.4, 0.5) is 5.82 Å². The molecule has 3 aliphatic rings. The maximum atomic E-state index is 14.2. The summed E-state index contributed by atoms with van der Waals surface area (Å²) in [5.74, 6) is -0.444. The first kappa shape index (κ1) is 28.6. The molecule has 2 fully saturated rings. The molecule has 1 spiro atoms. The first-order valence-electron chi connectivity index (χ1n) is 14.8. The summed E-state index contributed by atoms with van der Waals surface area (Å²) in [4.78, 5) is 55.2. The molecule has 6 heterocycles. The lowest BCUT2D eigenvalue weighted by atomic mass is 9.99. The highest BCUT2D eigenvalue weighted by Gasteiger charge is 2.67. The summed E-state index contributed by atoms with van der Waals surface area (Å²) in [5.41, 5.74) is 3.58. The molecule has 2 amide bonds. The second-order valence-electron chi connectivity index (χ2n) is 12.1. The maximum Gasteiger partial charge on any atom is 0.248 e. The second kappa shape index (κ2) is 10.9. The Balaban J connectivity index is 1.14. The third-order valence-electron chi connectivity index (χ3n) is 9.03. The molecule has 8 rings (SSSR count). The zero-order valence-corrected chi connectivity index (χ0v) is 26.2. The van der Waals surface area contributed by atoms with E-state index in [0.717, 1.165) is 17.5 Å². The lowest BCUT2D eigenvalue weighted by Crippen LogP contribution is -2.47. The van der Waals surface area contributed by atoms with E-state index in [9.17, 15) is 14.4 Å². The maximum absolute atomic E-state index is 14.2. The van der Waals surface area contributed by atoms with Gasteiger partial charge in [0.15, 0.2) is 5.78 Å². The first-order chi connectivity index (χ1) is 22.3. The van der Waals surface area contributed by atoms with Gasteiger partial charge in [-0.3, -0.25) is 23.7 Å². The third-order valence-corrected chi connectivity index (χ3v) is 9.47. The summed E-state index contributed by atoms with van der Waals surface area (Å²) < 4.78 is 9.75. The molecule has 46 heavy (non-hydrogen) atoms. The van der Waals surface area contributed by atoms with Crippen molar-refractivity contribution >= 4 is 50.2 Å². The fraction of sp³-hybridized carbons (Fsp3) is 0.323. The number of ether oxygens (including phenoxy) is 1. The minimum Gasteiger partial charge on any atom is -0.370 e. The Morgan fingerprint density at radius 3 is 2.78 bits per heavy atom. The van der Waals surface area contributed by atoms with Crippen LogP contribution in [0.25, 0.3) is 22.0 Å². The van der Waals surface area contributed by atoms with E-state index in [1.165, 1.54) is 13.3 Å². The van der Waals surface area contributed by atoms with Gasteiger partial charge in [0.05, 0.1) is 31.5 Å². The zero-order valence-electron chi connectivity index (χ0n) is 24.6. The Morgan fingerprint density at radius 1 is 1.11 bits per heavy atom. The molecular formula is C31H27BrN10O4. The average Bonchev–Trinajstić information content (AvgIpc) is 3.32. The summed E-state index contributed by atoms with van der Waals surface area (Å²) in [6.07, 6.45) is 7.89. The van der Waals surface area contributed by atoms with Gasteiger partial charge < -0.3 is 15.0 Å². The van der Waals surface area contributed by atoms with E-state index in [-0.39, 0.29) is 54.5 Å². The van der Waals surface area contributed by atoms with Crippen molar-refractivity contribution in [2.45, 2.75) is 58.2 Å². The summed E-state index contributed by atoms with van der Waals surface area (Å²) in [7, 11) is 0. The van der Waals surface area contributed by atoms with Gasteiger partial charge in [-0.1, -0.05) is 17.3 Å². The van der Waals surface area contributed by atoms with Gasteiger partial charge in [0, 0.05) is 47.3 Å². The highest BCUT2D eigenvalue weighted by Crippen LogP contribution is 2.60. The molecular weight excluding hydrogens is 656 g/mol. The van der Waals surface area contributed by atoms with Crippen LogP contribution < -0.4 is 5.32 Å². The van der Waals surface area contributed by atoms with Crippen molar-refractivity contribution in [2.75, 3.05) is 5.32 Å². The van der Waals surface area contributed by atoms with Gasteiger partial charge in [0.25, 0.3) is 0 Å². The normalized spacial score (nSPS) is 22.1. The largest absolute Gasteiger partial charge is 0.370 e. The summed E-state index contributed by atoms with van der Waals surface area (Å²) >= 11 is 3.40. The van der Waals surface area contributed by atoms with E-state index in [0.29, 0.717) is 45.5 Å². The van der Waals surface area contributed by atoms with Crippen LogP contribution in [0.5, 0.6) is 0 Å². The number of amides is 2. The zero-order chi connectivity index (χ0) is 31.6. The SMILES string of the molecule is CC(=O)c1nn(CC(=O)N2[C@H]3C[C@]4(C[C@@H]24)Cn2cc(nn2)COCc2ccc(Br)nc2NC3=O)c2ccc(-c3cncnc3)cc12. The fourth-order valence-corrected chi connectivity index (χ4v) is 7.11. The molecule has 0 unspecified atom stereocenters. The lowest BCUT2D eigenvalue weighted by molar-refractivity contribution is -0.138. The predicted molar refractivity (Wildman–Crippen MR) is 166 cm³/mol. The van der Waals surface area contributed by atoms with Crippen LogP contribution in [0.2, 0.25) is 0 Å². The summed E-state index contributed by atoms with van der Waals surface area (Å²) in [6, 6.07) is 8.29. The third kappa shape index (κ3) is 4.95. The molecule has 232 valence electrons. The van der Waals surface area contributed by atoms with Crippen molar-refractivity contribution in [3.63, 3.8) is 0 Å². The highest BCUT2D eigenvalue weighted by molar-refractivity contribution is 9.10. The number of benzene rings is 1. The minimum atomic E-state index is -0.745. The monoisotopic (exact) mass is 682 g/mol. The number of nitrogens with one attached hydrogen (secondary N) is 1. The van der Waals surface area contributed by atoms with Crippen LogP contribution in [-0.4, -0.2) is 74.3 Å². The van der Waals surface area contributed by atoms with Crippen molar-refractivity contribution in [1.29, 1.82) is 0 Å². The Bertz CT molecular complexity index is 2050. The molecule has 0 radical (unpaired) electrons. The van der Waals surface area contributed by atoms with E-state index >= 15 is 0 Å². The Kier molecular flexibility index (Phi) is 6.76. The second-order valence-corrected chi connectivity index (χ2v) is 12.9. The number of rotatable bonds is 4. The average molecular weight is 684 g/mol. The standard InChI is InChI=1S/C31H27BrN10O4/c1-17(43)28-22-6-18(20-9-33-16-34-10-20)2-4-23(22)41(38-28)12-27(44)42-24-7-31(8-25(31)42)15-40-11-21(37-39-40)14-46-13-19-3-5-26(32)35-29(19)36-30(24)45/h2-6,9-11,16,24-25H,7-8,12-15H2,1H3,(H,35,36,45)/t24-,25+,31-/m0/s1. The van der Waals surface area contributed by atoms with Crippen molar-refractivity contribution < 1.29 is 19.1 Å². The van der Waals surface area contributed by atoms with E-state index < -0.39 is 6.04 Å². The number of aromatic nitrogens is 8. The Morgan fingerprint density at radius 2 is 1.96 bits per heavy atom. The van der Waals surface area contributed by atoms with E-state index in [4.69, 9.17) is 4.74 Å². The van der Waals surface area contributed by atoms with Gasteiger partial charge in [-0.2, -0.15) is 5.10 Å². The minimum absolute atomic E-state index is 0.143. The van der Waals surface area contributed by atoms with Crippen molar-refractivity contribution in [3.8, 4) is 11.1 Å². The van der Waals surface area contributed by atoms with Crippen LogP contribution in [0, 0.1) is 5.41 Å². The number of carbonyl (C=O) groups excluding carboxylic acids is 3. The smallest absolute Gasteiger partial charge is 0.248 e. The molecule has 1 saturated heterocycles. The molecule has 15 heteroatoms. The number of hydrogen-bond acceptors (Lipinski definition) is 10. The number of halogens is 1. The molecule has 14 nitrogen and oxygen atoms in total. The summed E-state index contributed by atoms with van der Waals surface area (Å²) in [6.45, 7) is 2.28. The molecule has 3 atom stereocenters. The molecule has 4 bridgehead atoms. The van der Waals surface area contributed by atoms with Crippen LogP contribution in [-0.2, 0) is 40.6 Å². The van der Waals surface area contributed by atoms with Crippen molar-refractivity contribution in [2.24, 2.45) is 5.41 Å². The van der Waals surface area contributed by atoms with E-state index in [1.54, 1.807) is 32.7 Å². The van der Waals surface area contributed by atoms with Crippen LogP contribution in [0.3, 0.4) is 0 Å². The van der Waals surface area contributed by atoms with Gasteiger partial charge in [-0.05, 0) is 52.5 Å². The van der Waals surface area contributed by atoms with Crippen LogP contribution in [0.1, 0.15) is 41.5 Å². The van der Waals surface area contributed by atoms with Crippen molar-refractivity contribution in [1.82, 2.24) is 44.6 Å². The van der Waals surface area contributed by atoms with Crippen LogP contribution in [0.15, 0.2) is 59.9 Å². The number of Topliss-reactive ketones (excluding diaryl/α,β-unsaturated/α-hetero) is 1. The number of piperidine rings is 1. The van der Waals surface area contributed by atoms with Crippen LogP contribution >= 0.6 is 15.9 Å². The molecule has 1 aliphatic carbocycles. The van der Waals surface area contributed by atoms with E-state index in [1.807, 2.05) is 30.5 Å². The number of pyridine rings is 1. The number of nitrogens with zero attached hydrogens (tertiary/aromatic N) is 9. The fourth-order valence-electron chi connectivity index (χ4n) is 6.80. The van der Waals surface area contributed by atoms with Gasteiger partial charge in [0.2, 0.25) is 11.8 Å². The molecule has 1 saturated carbocycles. The Labute approximate surface area is 270 Å². The molecule has 2 aliphatic heterocycles. The molecule has 1 N–H and O–H groups in total. The number of anilines is 1. The van der Waals surface area contributed by atoms with Gasteiger partial charge in [-0.25, -0.2) is 15.0 Å². The molecule has 5 aromatic rings. The topological polar surface area (TPSA) is 163 Å². The molecule has 1 aromatic carbocycles. The molecule has 4 aromatic heterocycles. The Hall–Kier alpha value is -4.89. The van der Waals surface area contributed by atoms with Gasteiger partial charge >= 0.3 is 0 Å². The summed E-state index contributed by atoms with van der Waals surface area (Å²) in [5, 5.41) is 16.7. The first-order valence-corrected chi connectivity index (χ1v) is 15.6. The number of likely N-dealkylation sites (tertiary alicyclic amines) is 1.